The number of thioether (sulfide) groups is 1. The molecule has 3 aromatic carbocycles. The number of hydrogen-bond donors (Lipinski definition) is 1. The Morgan fingerprint density at radius 1 is 0.968 bits per heavy atom. The predicted molar refractivity (Wildman–Crippen MR) is 120 cm³/mol. The molecule has 1 aromatic heterocycles. The van der Waals surface area contributed by atoms with Gasteiger partial charge in [0, 0.05) is 11.3 Å². The topological polar surface area (TPSA) is 77.2 Å². The van der Waals surface area contributed by atoms with Gasteiger partial charge in [0.25, 0.3) is 0 Å². The minimum absolute atomic E-state index is 0.0274. The standard InChI is InChI=1S/C24H21N3O3S/c1-30-20-14-12-17(13-15-20)21(28)16-31-24-26-25-23(22(29)18-8-4-2-5-9-18)27(24)19-10-6-3-7-11-19/h2-15,22,29H,16H2,1H3. The van der Waals surface area contributed by atoms with Gasteiger partial charge in [-0.3, -0.25) is 9.36 Å². The van der Waals surface area contributed by atoms with Crippen molar-refractivity contribution >= 4 is 17.5 Å². The summed E-state index contributed by atoms with van der Waals surface area (Å²) in [6.07, 6.45) is -0.944. The van der Waals surface area contributed by atoms with E-state index in [-0.39, 0.29) is 11.5 Å². The Morgan fingerprint density at radius 2 is 1.61 bits per heavy atom. The summed E-state index contributed by atoms with van der Waals surface area (Å²) in [5.41, 5.74) is 2.14. The first kappa shape index (κ1) is 20.8. The first-order valence-electron chi connectivity index (χ1n) is 9.71. The van der Waals surface area contributed by atoms with Crippen LogP contribution in [0.15, 0.2) is 90.1 Å². The Labute approximate surface area is 184 Å². The van der Waals surface area contributed by atoms with Crippen LogP contribution >= 0.6 is 11.8 Å². The van der Waals surface area contributed by atoms with Crippen molar-refractivity contribution in [1.29, 1.82) is 0 Å². The molecular weight excluding hydrogens is 410 g/mol. The molecule has 0 saturated heterocycles. The number of nitrogens with zero attached hydrogens (tertiary/aromatic N) is 3. The van der Waals surface area contributed by atoms with E-state index >= 15 is 0 Å². The number of methoxy groups -OCH3 is 1. The van der Waals surface area contributed by atoms with Gasteiger partial charge in [0.15, 0.2) is 16.8 Å². The summed E-state index contributed by atoms with van der Waals surface area (Å²) in [5.74, 6) is 1.27. The molecule has 0 amide bonds. The van der Waals surface area contributed by atoms with E-state index in [1.54, 1.807) is 35.9 Å². The molecule has 0 aliphatic carbocycles. The van der Waals surface area contributed by atoms with E-state index < -0.39 is 6.10 Å². The van der Waals surface area contributed by atoms with Crippen molar-refractivity contribution in [2.45, 2.75) is 11.3 Å². The molecule has 4 rings (SSSR count). The number of aliphatic hydroxyl groups excluding tert-OH is 1. The van der Waals surface area contributed by atoms with Crippen LogP contribution in [-0.4, -0.2) is 38.5 Å². The lowest BCUT2D eigenvalue weighted by Gasteiger charge is -2.14. The van der Waals surface area contributed by atoms with Crippen molar-refractivity contribution < 1.29 is 14.6 Å². The fourth-order valence-electron chi connectivity index (χ4n) is 3.15. The predicted octanol–water partition coefficient (Wildman–Crippen LogP) is 4.33. The molecule has 6 nitrogen and oxygen atoms in total. The second-order valence-corrected chi connectivity index (χ2v) is 7.71. The molecule has 0 bridgehead atoms. The number of aromatic nitrogens is 3. The Hall–Kier alpha value is -3.42. The van der Waals surface area contributed by atoms with Gasteiger partial charge in [0.2, 0.25) is 0 Å². The highest BCUT2D eigenvalue weighted by Crippen LogP contribution is 2.28. The third kappa shape index (κ3) is 4.68. The largest absolute Gasteiger partial charge is 0.497 e. The van der Waals surface area contributed by atoms with Crippen LogP contribution in [0.25, 0.3) is 5.69 Å². The normalized spacial score (nSPS) is 11.8. The lowest BCUT2D eigenvalue weighted by molar-refractivity contribution is 0.102. The van der Waals surface area contributed by atoms with Crippen molar-refractivity contribution in [2.75, 3.05) is 12.9 Å². The SMILES string of the molecule is COc1ccc(C(=O)CSc2nnc(C(O)c3ccccc3)n2-c2ccccc2)cc1. The van der Waals surface area contributed by atoms with Crippen LogP contribution in [0.3, 0.4) is 0 Å². The molecule has 0 radical (unpaired) electrons. The van der Waals surface area contributed by atoms with Crippen molar-refractivity contribution in [1.82, 2.24) is 14.8 Å². The van der Waals surface area contributed by atoms with Crippen LogP contribution in [0, 0.1) is 0 Å². The van der Waals surface area contributed by atoms with E-state index in [1.165, 1.54) is 11.8 Å². The van der Waals surface area contributed by atoms with Gasteiger partial charge < -0.3 is 9.84 Å². The molecule has 0 fully saturated rings. The van der Waals surface area contributed by atoms with Crippen molar-refractivity contribution in [3.63, 3.8) is 0 Å². The Morgan fingerprint density at radius 3 is 2.26 bits per heavy atom. The molecule has 1 heterocycles. The van der Waals surface area contributed by atoms with Gasteiger partial charge in [-0.15, -0.1) is 10.2 Å². The summed E-state index contributed by atoms with van der Waals surface area (Å²) in [5, 5.41) is 20.0. The van der Waals surface area contributed by atoms with Crippen LogP contribution < -0.4 is 4.74 Å². The van der Waals surface area contributed by atoms with Crippen LogP contribution in [0.2, 0.25) is 0 Å². The molecule has 7 heteroatoms. The minimum Gasteiger partial charge on any atom is -0.497 e. The van der Waals surface area contributed by atoms with Gasteiger partial charge >= 0.3 is 0 Å². The van der Waals surface area contributed by atoms with E-state index in [0.717, 1.165) is 11.3 Å². The van der Waals surface area contributed by atoms with Crippen LogP contribution in [-0.2, 0) is 0 Å². The third-order valence-electron chi connectivity index (χ3n) is 4.78. The first-order valence-corrected chi connectivity index (χ1v) is 10.7. The van der Waals surface area contributed by atoms with E-state index in [4.69, 9.17) is 4.74 Å². The maximum atomic E-state index is 12.7. The van der Waals surface area contributed by atoms with Crippen LogP contribution in [0.1, 0.15) is 27.8 Å². The summed E-state index contributed by atoms with van der Waals surface area (Å²) in [7, 11) is 1.59. The molecule has 1 atom stereocenters. The fourth-order valence-corrected chi connectivity index (χ4v) is 4.00. The van der Waals surface area contributed by atoms with Crippen molar-refractivity contribution in [3.8, 4) is 11.4 Å². The van der Waals surface area contributed by atoms with Crippen molar-refractivity contribution in [3.05, 3.63) is 102 Å². The lowest BCUT2D eigenvalue weighted by Crippen LogP contribution is -2.10. The molecule has 0 saturated carbocycles. The van der Waals surface area contributed by atoms with E-state index in [9.17, 15) is 9.90 Å². The first-order chi connectivity index (χ1) is 15.2. The Kier molecular flexibility index (Phi) is 6.45. The number of carbonyl (C=O) groups excluding carboxylic acids is 1. The van der Waals surface area contributed by atoms with E-state index in [2.05, 4.69) is 10.2 Å². The molecule has 0 aliphatic heterocycles. The zero-order valence-corrected chi connectivity index (χ0v) is 17.7. The maximum absolute atomic E-state index is 12.7. The highest BCUT2D eigenvalue weighted by Gasteiger charge is 2.23. The molecule has 31 heavy (non-hydrogen) atoms. The zero-order chi connectivity index (χ0) is 21.6. The van der Waals surface area contributed by atoms with Gasteiger partial charge in [0.1, 0.15) is 11.9 Å². The molecule has 0 spiro atoms. The number of hydrogen-bond acceptors (Lipinski definition) is 6. The minimum atomic E-state index is -0.944. The number of carbonyl (C=O) groups is 1. The van der Waals surface area contributed by atoms with Crippen LogP contribution in [0.5, 0.6) is 5.75 Å². The quantitative estimate of drug-likeness (QED) is 0.330. The zero-order valence-electron chi connectivity index (χ0n) is 16.9. The fraction of sp³-hybridized carbons (Fsp3) is 0.125. The molecule has 1 unspecified atom stereocenters. The highest BCUT2D eigenvalue weighted by molar-refractivity contribution is 7.99. The number of ether oxygens (including phenoxy) is 1. The van der Waals surface area contributed by atoms with Gasteiger partial charge in [-0.25, -0.2) is 0 Å². The number of aliphatic hydroxyl groups is 1. The second kappa shape index (κ2) is 9.59. The number of benzene rings is 3. The van der Waals surface area contributed by atoms with Gasteiger partial charge in [-0.05, 0) is 42.0 Å². The molecule has 156 valence electrons. The smallest absolute Gasteiger partial charge is 0.196 e. The average molecular weight is 432 g/mol. The van der Waals surface area contributed by atoms with E-state index in [0.29, 0.717) is 22.3 Å². The Bertz CT molecular complexity index is 1150. The van der Waals surface area contributed by atoms with Gasteiger partial charge in [-0.1, -0.05) is 60.3 Å². The van der Waals surface area contributed by atoms with Gasteiger partial charge in [-0.2, -0.15) is 0 Å². The summed E-state index contributed by atoms with van der Waals surface area (Å²) >= 11 is 1.29. The Balaban J connectivity index is 1.61. The summed E-state index contributed by atoms with van der Waals surface area (Å²) in [6, 6.07) is 25.9. The number of ketones is 1. The maximum Gasteiger partial charge on any atom is 0.196 e. The molecule has 0 aliphatic rings. The monoisotopic (exact) mass is 431 g/mol. The summed E-state index contributed by atoms with van der Waals surface area (Å²) in [6.45, 7) is 0. The van der Waals surface area contributed by atoms with E-state index in [1.807, 2.05) is 60.7 Å². The van der Waals surface area contributed by atoms with Crippen molar-refractivity contribution in [2.24, 2.45) is 0 Å². The lowest BCUT2D eigenvalue weighted by atomic mass is 10.1. The van der Waals surface area contributed by atoms with Crippen LogP contribution in [0.4, 0.5) is 0 Å². The molecular formula is C24H21N3O3S. The number of rotatable bonds is 8. The average Bonchev–Trinajstić information content (AvgIpc) is 3.27. The number of Topliss-reactive ketones (excluding diaryl/α,β-unsaturated/α-hetero) is 1. The number of para-hydroxylation sites is 1. The second-order valence-electron chi connectivity index (χ2n) is 6.77. The third-order valence-corrected chi connectivity index (χ3v) is 5.71. The molecule has 4 aromatic rings. The summed E-state index contributed by atoms with van der Waals surface area (Å²) in [4.78, 5) is 12.7. The summed E-state index contributed by atoms with van der Waals surface area (Å²) < 4.78 is 6.94. The highest BCUT2D eigenvalue weighted by atomic mass is 32.2. The van der Waals surface area contributed by atoms with Gasteiger partial charge in [0.05, 0.1) is 12.9 Å². The molecule has 1 N–H and O–H groups in total.